The number of carbonyl (C=O) groups excluding carboxylic acids is 1. The van der Waals surface area contributed by atoms with Crippen molar-refractivity contribution < 1.29 is 14.3 Å². The van der Waals surface area contributed by atoms with Crippen LogP contribution in [0.15, 0.2) is 41.6 Å². The highest BCUT2D eigenvalue weighted by Gasteiger charge is 2.16. The lowest BCUT2D eigenvalue weighted by atomic mass is 10.1. The molecule has 0 N–H and O–H groups in total. The van der Waals surface area contributed by atoms with Gasteiger partial charge in [-0.3, -0.25) is 4.79 Å². The first-order valence-electron chi connectivity index (χ1n) is 7.96. The minimum atomic E-state index is -0.0877. The standard InChI is InChI=1S/C18H17ClN4O3S/c1-11-4-6-17(26-3)14(8-11)23-18(20-21-22-23)27-10-15(24)12-5-7-16(25-2)13(19)9-12/h4-9H,10H2,1-3H3. The van der Waals surface area contributed by atoms with Gasteiger partial charge in [0.2, 0.25) is 5.16 Å². The summed E-state index contributed by atoms with van der Waals surface area (Å²) >= 11 is 7.33. The highest BCUT2D eigenvalue weighted by molar-refractivity contribution is 7.99. The van der Waals surface area contributed by atoms with Gasteiger partial charge in [-0.15, -0.1) is 5.10 Å². The molecule has 1 aromatic heterocycles. The Kier molecular flexibility index (Phi) is 5.98. The predicted molar refractivity (Wildman–Crippen MR) is 104 cm³/mol. The third kappa shape index (κ3) is 4.23. The molecule has 0 amide bonds. The van der Waals surface area contributed by atoms with Crippen LogP contribution in [0.1, 0.15) is 15.9 Å². The Hall–Kier alpha value is -2.58. The zero-order chi connectivity index (χ0) is 19.4. The lowest BCUT2D eigenvalue weighted by Crippen LogP contribution is -2.06. The van der Waals surface area contributed by atoms with E-state index in [1.54, 1.807) is 30.0 Å². The largest absolute Gasteiger partial charge is 0.495 e. The second kappa shape index (κ2) is 8.41. The fraction of sp³-hybridized carbons (Fsp3) is 0.222. The van der Waals surface area contributed by atoms with Gasteiger partial charge in [0, 0.05) is 5.56 Å². The smallest absolute Gasteiger partial charge is 0.214 e. The zero-order valence-corrected chi connectivity index (χ0v) is 16.5. The first-order chi connectivity index (χ1) is 13.0. The van der Waals surface area contributed by atoms with Crippen LogP contribution >= 0.6 is 23.4 Å². The number of rotatable bonds is 7. The van der Waals surface area contributed by atoms with Gasteiger partial charge < -0.3 is 9.47 Å². The second-order valence-corrected chi connectivity index (χ2v) is 6.96. The first-order valence-corrected chi connectivity index (χ1v) is 9.32. The number of Topliss-reactive ketones (excluding diaryl/α,β-unsaturated/α-hetero) is 1. The molecule has 9 heteroatoms. The average molecular weight is 405 g/mol. The summed E-state index contributed by atoms with van der Waals surface area (Å²) < 4.78 is 12.1. The molecule has 0 atom stereocenters. The average Bonchev–Trinajstić information content (AvgIpc) is 3.14. The van der Waals surface area contributed by atoms with E-state index in [0.717, 1.165) is 5.56 Å². The number of ketones is 1. The normalized spacial score (nSPS) is 10.7. The molecule has 0 aliphatic carbocycles. The molecule has 0 saturated carbocycles. The molecule has 0 aliphatic rings. The van der Waals surface area contributed by atoms with Gasteiger partial charge in [-0.05, 0) is 53.2 Å². The SMILES string of the molecule is COc1ccc(C(=O)CSc2nnnn2-c2cc(C)ccc2OC)cc1Cl. The maximum atomic E-state index is 12.5. The Morgan fingerprint density at radius 2 is 1.89 bits per heavy atom. The fourth-order valence-electron chi connectivity index (χ4n) is 2.44. The third-order valence-electron chi connectivity index (χ3n) is 3.81. The van der Waals surface area contributed by atoms with Crippen molar-refractivity contribution in [3.05, 3.63) is 52.5 Å². The number of tetrazole rings is 1. The molecule has 0 radical (unpaired) electrons. The van der Waals surface area contributed by atoms with E-state index in [4.69, 9.17) is 21.1 Å². The van der Waals surface area contributed by atoms with Crippen molar-refractivity contribution in [2.24, 2.45) is 0 Å². The van der Waals surface area contributed by atoms with Gasteiger partial charge in [-0.2, -0.15) is 4.68 Å². The van der Waals surface area contributed by atoms with E-state index in [1.165, 1.54) is 18.9 Å². The molecule has 0 fully saturated rings. The molecule has 0 spiro atoms. The Morgan fingerprint density at radius 1 is 1.15 bits per heavy atom. The minimum absolute atomic E-state index is 0.0877. The quantitative estimate of drug-likeness (QED) is 0.439. The van der Waals surface area contributed by atoms with Crippen molar-refractivity contribution in [3.63, 3.8) is 0 Å². The van der Waals surface area contributed by atoms with Crippen LogP contribution in [0.5, 0.6) is 11.5 Å². The summed E-state index contributed by atoms with van der Waals surface area (Å²) in [6.45, 7) is 1.97. The molecule has 0 saturated heterocycles. The predicted octanol–water partition coefficient (Wildman–Crippen LogP) is 3.62. The number of benzene rings is 2. The van der Waals surface area contributed by atoms with Crippen molar-refractivity contribution in [3.8, 4) is 17.2 Å². The van der Waals surface area contributed by atoms with Crippen LogP contribution in [-0.4, -0.2) is 46.0 Å². The number of hydrogen-bond donors (Lipinski definition) is 0. The summed E-state index contributed by atoms with van der Waals surface area (Å²) in [4.78, 5) is 12.5. The van der Waals surface area contributed by atoms with Crippen LogP contribution in [0.4, 0.5) is 0 Å². The van der Waals surface area contributed by atoms with Gasteiger partial charge in [0.15, 0.2) is 5.78 Å². The fourth-order valence-corrected chi connectivity index (χ4v) is 3.47. The Bertz CT molecular complexity index is 977. The Morgan fingerprint density at radius 3 is 2.59 bits per heavy atom. The van der Waals surface area contributed by atoms with Gasteiger partial charge in [0.25, 0.3) is 0 Å². The number of hydrogen-bond acceptors (Lipinski definition) is 7. The number of thioether (sulfide) groups is 1. The molecule has 0 unspecified atom stereocenters. The molecule has 2 aromatic carbocycles. The molecule has 0 aliphatic heterocycles. The first kappa shape index (κ1) is 19.2. The van der Waals surface area contributed by atoms with E-state index in [0.29, 0.717) is 32.9 Å². The van der Waals surface area contributed by atoms with E-state index in [2.05, 4.69) is 15.5 Å². The van der Waals surface area contributed by atoms with E-state index in [9.17, 15) is 4.79 Å². The molecular weight excluding hydrogens is 388 g/mol. The highest BCUT2D eigenvalue weighted by atomic mass is 35.5. The molecule has 1 heterocycles. The summed E-state index contributed by atoms with van der Waals surface area (Å²) in [5.41, 5.74) is 2.26. The van der Waals surface area contributed by atoms with Gasteiger partial charge in [-0.25, -0.2) is 0 Å². The van der Waals surface area contributed by atoms with Crippen LogP contribution in [0.2, 0.25) is 5.02 Å². The van der Waals surface area contributed by atoms with Crippen molar-refractivity contribution in [2.45, 2.75) is 12.1 Å². The monoisotopic (exact) mass is 404 g/mol. The number of methoxy groups -OCH3 is 2. The molecule has 140 valence electrons. The van der Waals surface area contributed by atoms with Crippen LogP contribution in [0.3, 0.4) is 0 Å². The number of halogens is 1. The van der Waals surface area contributed by atoms with Crippen molar-refractivity contribution >= 4 is 29.1 Å². The number of ether oxygens (including phenoxy) is 2. The summed E-state index contributed by atoms with van der Waals surface area (Å²) in [5.74, 6) is 1.24. The zero-order valence-electron chi connectivity index (χ0n) is 15.0. The molecule has 0 bridgehead atoms. The molecule has 3 rings (SSSR count). The summed E-state index contributed by atoms with van der Waals surface area (Å²) in [5, 5.41) is 12.7. The van der Waals surface area contributed by atoms with E-state index >= 15 is 0 Å². The van der Waals surface area contributed by atoms with Gasteiger partial charge in [-0.1, -0.05) is 29.4 Å². The minimum Gasteiger partial charge on any atom is -0.495 e. The van der Waals surface area contributed by atoms with Crippen LogP contribution in [-0.2, 0) is 0 Å². The third-order valence-corrected chi connectivity index (χ3v) is 5.02. The van der Waals surface area contributed by atoms with Gasteiger partial charge in [0.1, 0.15) is 17.2 Å². The maximum Gasteiger partial charge on any atom is 0.214 e. The van der Waals surface area contributed by atoms with Crippen LogP contribution in [0.25, 0.3) is 5.69 Å². The molecule has 7 nitrogen and oxygen atoms in total. The topological polar surface area (TPSA) is 79.1 Å². The summed E-state index contributed by atoms with van der Waals surface area (Å²) in [6.07, 6.45) is 0. The Labute approximate surface area is 165 Å². The highest BCUT2D eigenvalue weighted by Crippen LogP contribution is 2.28. The van der Waals surface area contributed by atoms with Crippen LogP contribution in [0, 0.1) is 6.92 Å². The van der Waals surface area contributed by atoms with Gasteiger partial charge >= 0.3 is 0 Å². The van der Waals surface area contributed by atoms with Gasteiger partial charge in [0.05, 0.1) is 25.0 Å². The lowest BCUT2D eigenvalue weighted by molar-refractivity contribution is 0.102. The van der Waals surface area contributed by atoms with Crippen molar-refractivity contribution in [1.29, 1.82) is 0 Å². The molecular formula is C18H17ClN4O3S. The number of aryl methyl sites for hydroxylation is 1. The molecule has 27 heavy (non-hydrogen) atoms. The van der Waals surface area contributed by atoms with Crippen molar-refractivity contribution in [1.82, 2.24) is 20.2 Å². The molecule has 3 aromatic rings. The van der Waals surface area contributed by atoms with Crippen LogP contribution < -0.4 is 9.47 Å². The summed E-state index contributed by atoms with van der Waals surface area (Å²) in [6, 6.07) is 10.7. The number of nitrogens with zero attached hydrogens (tertiary/aromatic N) is 4. The van der Waals surface area contributed by atoms with E-state index in [1.807, 2.05) is 25.1 Å². The lowest BCUT2D eigenvalue weighted by Gasteiger charge is -2.10. The Balaban J connectivity index is 1.79. The summed E-state index contributed by atoms with van der Waals surface area (Å²) in [7, 11) is 3.11. The van der Waals surface area contributed by atoms with E-state index in [-0.39, 0.29) is 11.5 Å². The number of carbonyl (C=O) groups is 1. The van der Waals surface area contributed by atoms with Crippen molar-refractivity contribution in [2.75, 3.05) is 20.0 Å². The second-order valence-electron chi connectivity index (χ2n) is 5.61. The number of aromatic nitrogens is 4. The van der Waals surface area contributed by atoms with E-state index < -0.39 is 0 Å². The maximum absolute atomic E-state index is 12.5.